The van der Waals surface area contributed by atoms with Crippen molar-refractivity contribution in [2.75, 3.05) is 0 Å². The number of nitrogens with one attached hydrogen (secondary N) is 1. The number of aromatic amines is 1. The summed E-state index contributed by atoms with van der Waals surface area (Å²) in [7, 11) is 0. The molecule has 10 bridgehead atoms. The molecule has 1 aromatic heterocycles. The highest BCUT2D eigenvalue weighted by molar-refractivity contribution is 6.32. The van der Waals surface area contributed by atoms with E-state index in [0.29, 0.717) is 0 Å². The van der Waals surface area contributed by atoms with Crippen LogP contribution in [0.1, 0.15) is 74.3 Å². The largest absolute Gasteiger partial charge is 0.478 e. The van der Waals surface area contributed by atoms with Crippen LogP contribution in [0.15, 0.2) is 138 Å². The molecule has 6 heteroatoms. The van der Waals surface area contributed by atoms with Crippen molar-refractivity contribution in [3.63, 3.8) is 0 Å². The van der Waals surface area contributed by atoms with E-state index in [1.165, 1.54) is 22.3 Å². The van der Waals surface area contributed by atoms with Gasteiger partial charge < -0.3 is 10.1 Å². The molecule has 7 rings (SSSR count). The molecular formula is C39H34N4O2. The average molecular weight is 591 g/mol. The van der Waals surface area contributed by atoms with Crippen LogP contribution in [-0.4, -0.2) is 33.2 Å². The van der Waals surface area contributed by atoms with Gasteiger partial charge in [-0.05, 0) is 133 Å². The number of nitrogens with zero attached hydrogens (tertiary/aromatic N) is 3. The van der Waals surface area contributed by atoms with Crippen molar-refractivity contribution in [3.8, 4) is 0 Å². The van der Waals surface area contributed by atoms with Gasteiger partial charge in [0.2, 0.25) is 0 Å². The molecule has 5 aliphatic rings. The maximum absolute atomic E-state index is 11.6. The Hall–Kier alpha value is -5.36. The topological polar surface area (TPSA) is 90.2 Å². The van der Waals surface area contributed by atoms with Crippen molar-refractivity contribution >= 4 is 40.8 Å². The lowest BCUT2D eigenvalue weighted by atomic mass is 9.93. The monoisotopic (exact) mass is 590 g/mol. The number of fused-ring (bicyclic) bond motifs is 7. The Balaban J connectivity index is 1.42. The fourth-order valence-electron chi connectivity index (χ4n) is 6.57. The zero-order chi connectivity index (χ0) is 31.2. The van der Waals surface area contributed by atoms with Gasteiger partial charge in [-0.1, -0.05) is 38.1 Å². The van der Waals surface area contributed by atoms with Gasteiger partial charge in [0, 0.05) is 17.0 Å². The smallest absolute Gasteiger partial charge is 0.335 e. The van der Waals surface area contributed by atoms with Gasteiger partial charge in [0.05, 0.1) is 39.8 Å². The highest BCUT2D eigenvalue weighted by atomic mass is 16.4. The van der Waals surface area contributed by atoms with Crippen LogP contribution in [0, 0.1) is 0 Å². The molecule has 4 aliphatic heterocycles. The SMILES string of the molecule is CCC1=C(C)C2=NC1=Cc1ccc([nH]1)C=C1N=C(C=C3C=CC(=N3)C(c3ccc(C(=O)O)cc3)=C3C=CC(=C2)C3)C(C)=C1CC. The van der Waals surface area contributed by atoms with Crippen LogP contribution in [0.2, 0.25) is 0 Å². The van der Waals surface area contributed by atoms with Crippen molar-refractivity contribution in [2.24, 2.45) is 15.0 Å². The first-order chi connectivity index (χ1) is 21.8. The molecule has 0 fully saturated rings. The lowest BCUT2D eigenvalue weighted by Crippen LogP contribution is -2.02. The maximum atomic E-state index is 11.6. The number of aliphatic imine (C=N–C) groups is 3. The number of benzene rings is 1. The van der Waals surface area contributed by atoms with E-state index in [9.17, 15) is 9.90 Å². The summed E-state index contributed by atoms with van der Waals surface area (Å²) in [5.41, 5.74) is 16.8. The quantitative estimate of drug-likeness (QED) is 0.372. The van der Waals surface area contributed by atoms with Crippen molar-refractivity contribution in [2.45, 2.75) is 47.0 Å². The van der Waals surface area contributed by atoms with E-state index < -0.39 is 5.97 Å². The summed E-state index contributed by atoms with van der Waals surface area (Å²) in [5.74, 6) is -0.942. The molecule has 0 atom stereocenters. The Bertz CT molecular complexity index is 2050. The molecule has 0 spiro atoms. The average Bonchev–Trinajstić information content (AvgIpc) is 3.86. The number of rotatable bonds is 4. The molecule has 45 heavy (non-hydrogen) atoms. The van der Waals surface area contributed by atoms with Crippen LogP contribution >= 0.6 is 0 Å². The summed E-state index contributed by atoms with van der Waals surface area (Å²) >= 11 is 0. The number of allylic oxidation sites excluding steroid dienone is 13. The predicted molar refractivity (Wildman–Crippen MR) is 184 cm³/mol. The third-order valence-electron chi connectivity index (χ3n) is 8.96. The molecule has 0 amide bonds. The summed E-state index contributed by atoms with van der Waals surface area (Å²) in [4.78, 5) is 30.3. The fraction of sp³-hybridized carbons (Fsp3) is 0.179. The van der Waals surface area contributed by atoms with Crippen molar-refractivity contribution < 1.29 is 9.90 Å². The zero-order valence-electron chi connectivity index (χ0n) is 25.9. The summed E-state index contributed by atoms with van der Waals surface area (Å²) in [6.07, 6.45) is 19.4. The number of H-pyrrole nitrogens is 1. The van der Waals surface area contributed by atoms with Crippen molar-refractivity contribution in [1.29, 1.82) is 0 Å². The third-order valence-corrected chi connectivity index (χ3v) is 8.96. The molecule has 1 aliphatic carbocycles. The van der Waals surface area contributed by atoms with Gasteiger partial charge in [-0.3, -0.25) is 0 Å². The van der Waals surface area contributed by atoms with E-state index in [4.69, 9.17) is 15.0 Å². The first-order valence-corrected chi connectivity index (χ1v) is 15.5. The highest BCUT2D eigenvalue weighted by Gasteiger charge is 2.24. The first kappa shape index (κ1) is 28.4. The van der Waals surface area contributed by atoms with Crippen molar-refractivity contribution in [1.82, 2.24) is 4.98 Å². The number of carboxylic acids is 1. The second-order valence-electron chi connectivity index (χ2n) is 11.7. The number of hydrogen-bond acceptors (Lipinski definition) is 4. The molecule has 0 unspecified atom stereocenters. The zero-order valence-corrected chi connectivity index (χ0v) is 25.9. The molecule has 5 heterocycles. The molecular weight excluding hydrogens is 556 g/mol. The molecule has 2 aromatic rings. The van der Waals surface area contributed by atoms with Crippen LogP contribution < -0.4 is 0 Å². The molecule has 2 N–H and O–H groups in total. The lowest BCUT2D eigenvalue weighted by molar-refractivity contribution is 0.0697. The Kier molecular flexibility index (Phi) is 7.13. The second-order valence-corrected chi connectivity index (χ2v) is 11.7. The fourth-order valence-corrected chi connectivity index (χ4v) is 6.57. The van der Waals surface area contributed by atoms with E-state index in [1.54, 1.807) is 12.1 Å². The number of aromatic carboxylic acids is 1. The van der Waals surface area contributed by atoms with Gasteiger partial charge in [-0.15, -0.1) is 0 Å². The lowest BCUT2D eigenvalue weighted by Gasteiger charge is -2.11. The molecule has 0 radical (unpaired) electrons. The Morgan fingerprint density at radius 2 is 1.36 bits per heavy atom. The van der Waals surface area contributed by atoms with E-state index >= 15 is 0 Å². The van der Waals surface area contributed by atoms with Gasteiger partial charge in [-0.25, -0.2) is 19.8 Å². The molecule has 1 aromatic carbocycles. The minimum Gasteiger partial charge on any atom is -0.478 e. The number of carbonyl (C=O) groups is 1. The molecule has 6 nitrogen and oxygen atoms in total. The maximum Gasteiger partial charge on any atom is 0.335 e. The number of hydrogen-bond donors (Lipinski definition) is 2. The normalized spacial score (nSPS) is 19.0. The Morgan fingerprint density at radius 1 is 0.733 bits per heavy atom. The Labute approximate surface area is 263 Å². The molecule has 0 saturated heterocycles. The minimum absolute atomic E-state index is 0.257. The van der Waals surface area contributed by atoms with Crippen LogP contribution in [0.3, 0.4) is 0 Å². The van der Waals surface area contributed by atoms with Crippen LogP contribution in [0.4, 0.5) is 0 Å². The summed E-state index contributed by atoms with van der Waals surface area (Å²) in [6.45, 7) is 8.63. The summed E-state index contributed by atoms with van der Waals surface area (Å²) in [5, 5.41) is 9.50. The van der Waals surface area contributed by atoms with Gasteiger partial charge in [0.1, 0.15) is 0 Å². The van der Waals surface area contributed by atoms with E-state index in [-0.39, 0.29) is 5.56 Å². The number of carboxylic acid groups (broad SMARTS) is 1. The van der Waals surface area contributed by atoms with Crippen LogP contribution in [0.25, 0.3) is 17.7 Å². The van der Waals surface area contributed by atoms with Gasteiger partial charge in [-0.2, -0.15) is 0 Å². The minimum atomic E-state index is -0.942. The second kappa shape index (κ2) is 11.3. The van der Waals surface area contributed by atoms with E-state index in [2.05, 4.69) is 81.3 Å². The molecule has 0 saturated carbocycles. The predicted octanol–water partition coefficient (Wildman–Crippen LogP) is 9.01. The van der Waals surface area contributed by atoms with E-state index in [1.807, 2.05) is 24.3 Å². The standard InChI is InChI=1S/C39H34N4O2/c1-5-31-22(3)34-18-24-7-8-27(17-24)38(25-9-11-26(12-10-25)39(44)45)33-16-15-30(41-33)19-35-23(4)32(6-2)37(43-35)21-29-14-13-28(40-29)20-36(31)42-34/h7-16,18-21,40H,5-6,17H2,1-4H3,(H,44,45). The molecule has 222 valence electrons. The highest BCUT2D eigenvalue weighted by Crippen LogP contribution is 2.37. The summed E-state index contributed by atoms with van der Waals surface area (Å²) < 4.78 is 0. The van der Waals surface area contributed by atoms with Crippen molar-refractivity contribution in [3.05, 3.63) is 146 Å². The Morgan fingerprint density at radius 3 is 1.96 bits per heavy atom. The van der Waals surface area contributed by atoms with Gasteiger partial charge in [0.25, 0.3) is 0 Å². The first-order valence-electron chi connectivity index (χ1n) is 15.5. The van der Waals surface area contributed by atoms with Crippen LogP contribution in [-0.2, 0) is 0 Å². The van der Waals surface area contributed by atoms with Gasteiger partial charge >= 0.3 is 5.97 Å². The third kappa shape index (κ3) is 5.22. The van der Waals surface area contributed by atoms with E-state index in [0.717, 1.165) is 87.2 Å². The van der Waals surface area contributed by atoms with Crippen LogP contribution in [0.5, 0.6) is 0 Å². The number of aromatic nitrogens is 1. The van der Waals surface area contributed by atoms with Gasteiger partial charge in [0.15, 0.2) is 0 Å². The summed E-state index contributed by atoms with van der Waals surface area (Å²) in [6, 6.07) is 11.3.